The number of rotatable bonds is 2. The molecule has 2 nitrogen and oxygen atoms in total. The van der Waals surface area contributed by atoms with Gasteiger partial charge in [0.25, 0.3) is 5.91 Å². The Hall–Kier alpha value is -0.730. The third kappa shape index (κ3) is 4.76. The van der Waals surface area contributed by atoms with Gasteiger partial charge in [-0.2, -0.15) is 0 Å². The topological polar surface area (TPSA) is 29.1 Å². The first kappa shape index (κ1) is 14.8. The summed E-state index contributed by atoms with van der Waals surface area (Å²) in [6.45, 7) is 2.58. The van der Waals surface area contributed by atoms with E-state index >= 15 is 0 Å². The molecule has 1 aromatic carbocycles. The highest BCUT2D eigenvalue weighted by molar-refractivity contribution is 5.94. The van der Waals surface area contributed by atoms with Crippen molar-refractivity contribution < 1.29 is 4.79 Å². The van der Waals surface area contributed by atoms with Gasteiger partial charge in [0.1, 0.15) is 0 Å². The van der Waals surface area contributed by atoms with Gasteiger partial charge in [-0.25, -0.2) is 0 Å². The van der Waals surface area contributed by atoms with Crippen molar-refractivity contribution in [3.63, 3.8) is 0 Å². The second-order valence-electron chi connectivity index (χ2n) is 2.23. The Labute approximate surface area is 90.5 Å². The smallest absolute Gasteiger partial charge is 0.251 e. The van der Waals surface area contributed by atoms with Gasteiger partial charge in [0.15, 0.2) is 0 Å². The lowest BCUT2D eigenvalue weighted by molar-refractivity contribution is 0.0956. The van der Waals surface area contributed by atoms with E-state index in [0.29, 0.717) is 12.1 Å². The zero-order valence-corrected chi connectivity index (χ0v) is 8.95. The number of hydrogen-bond donors (Lipinski definition) is 1. The summed E-state index contributed by atoms with van der Waals surface area (Å²) in [5.41, 5.74) is 0.717. The summed E-state index contributed by atoms with van der Waals surface area (Å²) in [7, 11) is 0. The Balaban J connectivity index is 0. The van der Waals surface area contributed by atoms with E-state index in [1.807, 2.05) is 25.1 Å². The molecule has 0 aromatic heterocycles. The van der Waals surface area contributed by atoms with Crippen LogP contribution < -0.4 is 5.32 Å². The molecule has 0 atom stereocenters. The number of carbonyl (C=O) groups is 1. The van der Waals surface area contributed by atoms with Crippen LogP contribution in [0.15, 0.2) is 30.3 Å². The van der Waals surface area contributed by atoms with Crippen LogP contribution in [0.1, 0.15) is 17.3 Å². The van der Waals surface area contributed by atoms with E-state index in [9.17, 15) is 4.79 Å². The van der Waals surface area contributed by atoms with Crippen molar-refractivity contribution in [3.05, 3.63) is 35.9 Å². The largest absolute Gasteiger partial charge is 0.352 e. The van der Waals surface area contributed by atoms with Crippen LogP contribution in [0.5, 0.6) is 0 Å². The highest BCUT2D eigenvalue weighted by Crippen LogP contribution is 1.96. The van der Waals surface area contributed by atoms with Crippen LogP contribution in [0.3, 0.4) is 0 Å². The van der Waals surface area contributed by atoms with Crippen molar-refractivity contribution in [2.45, 2.75) is 6.92 Å². The highest BCUT2D eigenvalue weighted by atomic mass is 35.5. The molecule has 0 spiro atoms. The molecule has 0 unspecified atom stereocenters. The molecule has 0 aliphatic rings. The lowest BCUT2D eigenvalue weighted by atomic mass is 10.2. The summed E-state index contributed by atoms with van der Waals surface area (Å²) < 4.78 is 0. The first-order chi connectivity index (χ1) is 5.34. The average Bonchev–Trinajstić information content (AvgIpc) is 2.07. The molecule has 0 saturated heterocycles. The summed E-state index contributed by atoms with van der Waals surface area (Å²) in [5, 5.41) is 2.72. The van der Waals surface area contributed by atoms with Crippen LogP contribution in [0.4, 0.5) is 0 Å². The lowest BCUT2D eigenvalue weighted by Gasteiger charge is -1.99. The third-order valence-electron chi connectivity index (χ3n) is 1.37. The van der Waals surface area contributed by atoms with Crippen LogP contribution in [0.2, 0.25) is 0 Å². The van der Waals surface area contributed by atoms with Gasteiger partial charge in [0.2, 0.25) is 0 Å². The molecule has 0 radical (unpaired) electrons. The average molecular weight is 222 g/mol. The van der Waals surface area contributed by atoms with Gasteiger partial charge in [-0.1, -0.05) is 18.2 Å². The lowest BCUT2D eigenvalue weighted by Crippen LogP contribution is -2.22. The summed E-state index contributed by atoms with van der Waals surface area (Å²) >= 11 is 0. The standard InChI is InChI=1S/C9H11NO.2ClH/c1-2-10-9(11)8-6-4-3-5-7-8;;/h3-7H,2H2,1H3,(H,10,11);2*1H. The van der Waals surface area contributed by atoms with Gasteiger partial charge >= 0.3 is 0 Å². The van der Waals surface area contributed by atoms with E-state index < -0.39 is 0 Å². The quantitative estimate of drug-likeness (QED) is 0.817. The Morgan fingerprint density at radius 3 is 2.23 bits per heavy atom. The first-order valence-electron chi connectivity index (χ1n) is 3.68. The monoisotopic (exact) mass is 221 g/mol. The fraction of sp³-hybridized carbons (Fsp3) is 0.222. The summed E-state index contributed by atoms with van der Waals surface area (Å²) in [5.74, 6) is -0.00639. The van der Waals surface area contributed by atoms with Gasteiger partial charge < -0.3 is 5.32 Å². The van der Waals surface area contributed by atoms with Crippen molar-refractivity contribution >= 4 is 30.7 Å². The van der Waals surface area contributed by atoms with Crippen LogP contribution >= 0.6 is 24.8 Å². The van der Waals surface area contributed by atoms with E-state index in [2.05, 4.69) is 5.32 Å². The van der Waals surface area contributed by atoms with Gasteiger partial charge in [0, 0.05) is 12.1 Å². The number of hydrogen-bond acceptors (Lipinski definition) is 1. The van der Waals surface area contributed by atoms with Crippen molar-refractivity contribution in [2.24, 2.45) is 0 Å². The minimum absolute atomic E-state index is 0. The second kappa shape index (κ2) is 7.90. The van der Waals surface area contributed by atoms with E-state index in [1.165, 1.54) is 0 Å². The molecule has 0 saturated carbocycles. The summed E-state index contributed by atoms with van der Waals surface area (Å²) in [4.78, 5) is 11.1. The van der Waals surface area contributed by atoms with E-state index in [0.717, 1.165) is 0 Å². The van der Waals surface area contributed by atoms with Crippen LogP contribution in [0, 0.1) is 0 Å². The number of carbonyl (C=O) groups excluding carboxylic acids is 1. The maximum absolute atomic E-state index is 11.1. The molecule has 1 rings (SSSR count). The zero-order chi connectivity index (χ0) is 8.10. The molecule has 74 valence electrons. The molecule has 1 amide bonds. The Morgan fingerprint density at radius 2 is 1.77 bits per heavy atom. The Morgan fingerprint density at radius 1 is 1.23 bits per heavy atom. The molecule has 0 heterocycles. The van der Waals surface area contributed by atoms with Crippen molar-refractivity contribution in [3.8, 4) is 0 Å². The molecule has 1 aromatic rings. The predicted octanol–water partition coefficient (Wildman–Crippen LogP) is 2.28. The SMILES string of the molecule is CCNC(=O)c1ccccc1.Cl.Cl. The van der Waals surface area contributed by atoms with E-state index in [4.69, 9.17) is 0 Å². The van der Waals surface area contributed by atoms with Gasteiger partial charge in [0.05, 0.1) is 0 Å². The summed E-state index contributed by atoms with van der Waals surface area (Å²) in [6.07, 6.45) is 0. The van der Waals surface area contributed by atoms with Crippen molar-refractivity contribution in [1.29, 1.82) is 0 Å². The molecular formula is C9H13Cl2NO. The normalized spacial score (nSPS) is 7.77. The van der Waals surface area contributed by atoms with Crippen LogP contribution in [-0.2, 0) is 0 Å². The van der Waals surface area contributed by atoms with Crippen molar-refractivity contribution in [1.82, 2.24) is 5.32 Å². The van der Waals surface area contributed by atoms with Gasteiger partial charge in [-0.3, -0.25) is 4.79 Å². The Bertz CT molecular complexity index is 239. The molecule has 0 fully saturated rings. The minimum Gasteiger partial charge on any atom is -0.352 e. The van der Waals surface area contributed by atoms with Crippen LogP contribution in [0.25, 0.3) is 0 Å². The van der Waals surface area contributed by atoms with Gasteiger partial charge in [-0.15, -0.1) is 24.8 Å². The molecule has 0 bridgehead atoms. The molecule has 0 aliphatic heterocycles. The molecular weight excluding hydrogens is 209 g/mol. The highest BCUT2D eigenvalue weighted by Gasteiger charge is 1.99. The van der Waals surface area contributed by atoms with Gasteiger partial charge in [-0.05, 0) is 19.1 Å². The minimum atomic E-state index is -0.00639. The number of benzene rings is 1. The number of amides is 1. The first-order valence-corrected chi connectivity index (χ1v) is 3.68. The number of nitrogens with one attached hydrogen (secondary N) is 1. The predicted molar refractivity (Wildman–Crippen MR) is 58.9 cm³/mol. The fourth-order valence-corrected chi connectivity index (χ4v) is 0.852. The van der Waals surface area contributed by atoms with Crippen molar-refractivity contribution in [2.75, 3.05) is 6.54 Å². The maximum atomic E-state index is 11.1. The van der Waals surface area contributed by atoms with E-state index in [1.54, 1.807) is 12.1 Å². The fourth-order valence-electron chi connectivity index (χ4n) is 0.852. The van der Waals surface area contributed by atoms with E-state index in [-0.39, 0.29) is 30.7 Å². The number of halogens is 2. The third-order valence-corrected chi connectivity index (χ3v) is 1.37. The summed E-state index contributed by atoms with van der Waals surface area (Å²) in [6, 6.07) is 9.19. The maximum Gasteiger partial charge on any atom is 0.251 e. The molecule has 1 N–H and O–H groups in total. The molecule has 13 heavy (non-hydrogen) atoms. The Kier molecular flexibility index (Phi) is 8.97. The second-order valence-corrected chi connectivity index (χ2v) is 2.23. The van der Waals surface area contributed by atoms with Crippen LogP contribution in [-0.4, -0.2) is 12.5 Å². The molecule has 0 aliphatic carbocycles. The molecule has 4 heteroatoms. The zero-order valence-electron chi connectivity index (χ0n) is 7.32.